The van der Waals surface area contributed by atoms with E-state index in [2.05, 4.69) is 5.32 Å². The Kier molecular flexibility index (Phi) is 9.17. The lowest BCUT2D eigenvalue weighted by molar-refractivity contribution is -0.133. The van der Waals surface area contributed by atoms with E-state index in [1.54, 1.807) is 36.7 Å². The fraction of sp³-hybridized carbons (Fsp3) is 0.471. The molecule has 136 valence electrons. The molecule has 0 heterocycles. The van der Waals surface area contributed by atoms with Gasteiger partial charge in [0.25, 0.3) is 5.91 Å². The van der Waals surface area contributed by atoms with Crippen molar-refractivity contribution >= 4 is 11.8 Å². The number of hydroxylamine groups is 1. The SMILES string of the molecule is CCOCOC[C@H](C[C@H](C)C(=O)NO)NC(=O)c1ccc(C#N)cc1. The summed E-state index contributed by atoms with van der Waals surface area (Å²) in [5, 5.41) is 20.3. The molecular weight excluding hydrogens is 326 g/mol. The maximum absolute atomic E-state index is 12.3. The van der Waals surface area contributed by atoms with Crippen molar-refractivity contribution in [1.82, 2.24) is 10.8 Å². The smallest absolute Gasteiger partial charge is 0.251 e. The number of hydrogen-bond donors (Lipinski definition) is 3. The first-order valence-electron chi connectivity index (χ1n) is 7.92. The molecule has 1 aromatic carbocycles. The minimum atomic E-state index is -0.539. The molecule has 8 nitrogen and oxygen atoms in total. The maximum Gasteiger partial charge on any atom is 0.251 e. The lowest BCUT2D eigenvalue weighted by Crippen LogP contribution is -2.41. The van der Waals surface area contributed by atoms with Crippen LogP contribution in [0, 0.1) is 17.2 Å². The van der Waals surface area contributed by atoms with E-state index in [0.717, 1.165) is 0 Å². The van der Waals surface area contributed by atoms with Crippen LogP contribution < -0.4 is 10.8 Å². The summed E-state index contributed by atoms with van der Waals surface area (Å²) in [6, 6.07) is 7.75. The molecule has 8 heteroatoms. The Balaban J connectivity index is 2.70. The van der Waals surface area contributed by atoms with Crippen molar-refractivity contribution in [2.24, 2.45) is 5.92 Å². The average Bonchev–Trinajstić information content (AvgIpc) is 2.64. The first-order chi connectivity index (χ1) is 12.0. The third-order valence-corrected chi connectivity index (χ3v) is 3.50. The normalized spacial score (nSPS) is 12.7. The molecule has 1 aromatic rings. The van der Waals surface area contributed by atoms with Crippen LogP contribution in [0.15, 0.2) is 24.3 Å². The summed E-state index contributed by atoms with van der Waals surface area (Å²) < 4.78 is 10.4. The van der Waals surface area contributed by atoms with Crippen LogP contribution in [0.2, 0.25) is 0 Å². The molecule has 0 bridgehead atoms. The second kappa shape index (κ2) is 11.1. The van der Waals surface area contributed by atoms with Gasteiger partial charge in [0.05, 0.1) is 24.3 Å². The summed E-state index contributed by atoms with van der Waals surface area (Å²) in [4.78, 5) is 23.8. The van der Waals surface area contributed by atoms with Crippen LogP contribution in [0.25, 0.3) is 0 Å². The largest absolute Gasteiger partial charge is 0.356 e. The van der Waals surface area contributed by atoms with E-state index in [1.807, 2.05) is 13.0 Å². The molecule has 1 rings (SSSR count). The topological polar surface area (TPSA) is 121 Å². The minimum absolute atomic E-state index is 0.0836. The number of nitriles is 1. The third-order valence-electron chi connectivity index (χ3n) is 3.50. The predicted octanol–water partition coefficient (Wildman–Crippen LogP) is 1.20. The van der Waals surface area contributed by atoms with Gasteiger partial charge in [0.1, 0.15) is 6.79 Å². The van der Waals surface area contributed by atoms with E-state index in [1.165, 1.54) is 0 Å². The Morgan fingerprint density at radius 3 is 2.52 bits per heavy atom. The number of nitrogens with one attached hydrogen (secondary N) is 2. The van der Waals surface area contributed by atoms with E-state index in [-0.39, 0.29) is 25.7 Å². The lowest BCUT2D eigenvalue weighted by atomic mass is 10.0. The quantitative estimate of drug-likeness (QED) is 0.253. The highest BCUT2D eigenvalue weighted by molar-refractivity contribution is 5.94. The van der Waals surface area contributed by atoms with Crippen LogP contribution in [0.3, 0.4) is 0 Å². The zero-order chi connectivity index (χ0) is 18.7. The molecule has 0 unspecified atom stereocenters. The standard InChI is InChI=1S/C17H23N3O5/c1-3-24-11-25-10-15(8-12(2)16(21)20-23)19-17(22)14-6-4-13(9-18)5-7-14/h4-7,12,15,23H,3,8,10-11H2,1-2H3,(H,19,22)(H,20,21)/t12-,15-/m0/s1. The highest BCUT2D eigenvalue weighted by Crippen LogP contribution is 2.09. The molecular formula is C17H23N3O5. The Hall–Kier alpha value is -2.47. The third kappa shape index (κ3) is 7.30. The summed E-state index contributed by atoms with van der Waals surface area (Å²) in [5.41, 5.74) is 2.45. The fourth-order valence-electron chi connectivity index (χ4n) is 2.11. The maximum atomic E-state index is 12.3. The zero-order valence-corrected chi connectivity index (χ0v) is 14.3. The fourth-order valence-corrected chi connectivity index (χ4v) is 2.11. The van der Waals surface area contributed by atoms with Crippen molar-refractivity contribution in [3.05, 3.63) is 35.4 Å². The summed E-state index contributed by atoms with van der Waals surface area (Å²) in [6.07, 6.45) is 0.278. The van der Waals surface area contributed by atoms with Crippen molar-refractivity contribution < 1.29 is 24.3 Å². The second-order valence-electron chi connectivity index (χ2n) is 5.45. The van der Waals surface area contributed by atoms with Gasteiger partial charge in [0, 0.05) is 18.1 Å². The number of carbonyl (C=O) groups excluding carboxylic acids is 2. The first kappa shape index (κ1) is 20.6. The molecule has 0 saturated carbocycles. The molecule has 2 atom stereocenters. The number of benzene rings is 1. The van der Waals surface area contributed by atoms with E-state index in [0.29, 0.717) is 17.7 Å². The van der Waals surface area contributed by atoms with Gasteiger partial charge in [0.15, 0.2) is 0 Å². The van der Waals surface area contributed by atoms with Crippen molar-refractivity contribution in [3.63, 3.8) is 0 Å². The summed E-state index contributed by atoms with van der Waals surface area (Å²) in [5.74, 6) is -1.40. The van der Waals surface area contributed by atoms with Gasteiger partial charge in [-0.2, -0.15) is 5.26 Å². The molecule has 0 radical (unpaired) electrons. The molecule has 25 heavy (non-hydrogen) atoms. The average molecular weight is 349 g/mol. The molecule has 0 saturated heterocycles. The monoisotopic (exact) mass is 349 g/mol. The van der Waals surface area contributed by atoms with Crippen molar-refractivity contribution in [3.8, 4) is 6.07 Å². The van der Waals surface area contributed by atoms with Crippen molar-refractivity contribution in [1.29, 1.82) is 5.26 Å². The van der Waals surface area contributed by atoms with Gasteiger partial charge in [0.2, 0.25) is 5.91 Å². The van der Waals surface area contributed by atoms with Gasteiger partial charge in [-0.1, -0.05) is 6.92 Å². The van der Waals surface area contributed by atoms with Gasteiger partial charge >= 0.3 is 0 Å². The number of ether oxygens (including phenoxy) is 2. The summed E-state index contributed by atoms with van der Waals surface area (Å²) >= 11 is 0. The van der Waals surface area contributed by atoms with E-state index in [4.69, 9.17) is 19.9 Å². The molecule has 0 aliphatic rings. The van der Waals surface area contributed by atoms with Gasteiger partial charge in [-0.05, 0) is 37.6 Å². The first-order valence-corrected chi connectivity index (χ1v) is 7.92. The molecule has 2 amide bonds. The Labute approximate surface area is 146 Å². The highest BCUT2D eigenvalue weighted by atomic mass is 16.7. The predicted molar refractivity (Wildman–Crippen MR) is 88.6 cm³/mol. The second-order valence-corrected chi connectivity index (χ2v) is 5.45. The van der Waals surface area contributed by atoms with Crippen LogP contribution in [0.4, 0.5) is 0 Å². The molecule has 0 aliphatic heterocycles. The summed E-state index contributed by atoms with van der Waals surface area (Å²) in [7, 11) is 0. The van der Waals surface area contributed by atoms with Crippen molar-refractivity contribution in [2.45, 2.75) is 26.3 Å². The number of hydrogen-bond acceptors (Lipinski definition) is 6. The van der Waals surface area contributed by atoms with Crippen LogP contribution in [0.5, 0.6) is 0 Å². The number of carbonyl (C=O) groups is 2. The van der Waals surface area contributed by atoms with Crippen molar-refractivity contribution in [2.75, 3.05) is 20.0 Å². The Bertz CT molecular complexity index is 597. The van der Waals surface area contributed by atoms with Gasteiger partial charge in [-0.15, -0.1) is 0 Å². The van der Waals surface area contributed by atoms with Crippen LogP contribution in [0.1, 0.15) is 36.2 Å². The van der Waals surface area contributed by atoms with E-state index in [9.17, 15) is 9.59 Å². The number of rotatable bonds is 10. The number of nitrogens with zero attached hydrogens (tertiary/aromatic N) is 1. The van der Waals surface area contributed by atoms with Crippen LogP contribution >= 0.6 is 0 Å². The van der Waals surface area contributed by atoms with Gasteiger partial charge in [-0.25, -0.2) is 5.48 Å². The highest BCUT2D eigenvalue weighted by Gasteiger charge is 2.21. The molecule has 0 spiro atoms. The summed E-state index contributed by atoms with van der Waals surface area (Å²) in [6.45, 7) is 4.22. The minimum Gasteiger partial charge on any atom is -0.356 e. The Morgan fingerprint density at radius 1 is 1.28 bits per heavy atom. The molecule has 0 aromatic heterocycles. The molecule has 3 N–H and O–H groups in total. The van der Waals surface area contributed by atoms with Gasteiger partial charge in [-0.3, -0.25) is 14.8 Å². The van der Waals surface area contributed by atoms with Crippen LogP contribution in [-0.4, -0.2) is 43.1 Å². The molecule has 0 fully saturated rings. The zero-order valence-electron chi connectivity index (χ0n) is 14.3. The van der Waals surface area contributed by atoms with E-state index < -0.39 is 17.9 Å². The van der Waals surface area contributed by atoms with E-state index >= 15 is 0 Å². The molecule has 0 aliphatic carbocycles. The van der Waals surface area contributed by atoms with Gasteiger partial charge < -0.3 is 14.8 Å². The van der Waals surface area contributed by atoms with Crippen LogP contribution in [-0.2, 0) is 14.3 Å². The Morgan fingerprint density at radius 2 is 1.96 bits per heavy atom. The number of amides is 2. The lowest BCUT2D eigenvalue weighted by Gasteiger charge is -2.21.